The minimum absolute atomic E-state index is 0.240. The molecule has 1 aliphatic heterocycles. The van der Waals surface area contributed by atoms with Gasteiger partial charge in [0.05, 0.1) is 17.4 Å². The van der Waals surface area contributed by atoms with Crippen LogP contribution in [0.15, 0.2) is 60.9 Å². The summed E-state index contributed by atoms with van der Waals surface area (Å²) in [6.07, 6.45) is 4.98. The number of nitrogens with zero attached hydrogens (tertiary/aromatic N) is 3. The molecule has 1 unspecified atom stereocenters. The van der Waals surface area contributed by atoms with Gasteiger partial charge in [0, 0.05) is 24.5 Å². The molecule has 0 aliphatic carbocycles. The molecule has 0 saturated heterocycles. The normalized spacial score (nSPS) is 17.0. The fraction of sp³-hybridized carbons (Fsp3) is 0.176. The second kappa shape index (κ2) is 5.05. The zero-order chi connectivity index (χ0) is 14.1. The van der Waals surface area contributed by atoms with Crippen LogP contribution in [0.2, 0.25) is 0 Å². The molecule has 0 spiro atoms. The lowest BCUT2D eigenvalue weighted by atomic mass is 10.1. The van der Waals surface area contributed by atoms with Crippen LogP contribution in [0, 0.1) is 0 Å². The summed E-state index contributed by atoms with van der Waals surface area (Å²) in [6.45, 7) is 0.962. The average molecular weight is 276 g/mol. The van der Waals surface area contributed by atoms with Crippen LogP contribution in [0.4, 0.5) is 5.95 Å². The van der Waals surface area contributed by atoms with Gasteiger partial charge in [-0.15, -0.1) is 0 Å². The number of pyridine rings is 1. The zero-order valence-corrected chi connectivity index (χ0v) is 11.6. The number of imidazole rings is 1. The molecule has 4 heteroatoms. The Bertz CT molecular complexity index is 734. The largest absolute Gasteiger partial charge is 0.347 e. The van der Waals surface area contributed by atoms with Crippen LogP contribution < -0.4 is 5.32 Å². The number of hydrogen-bond acceptors (Lipinski definition) is 3. The van der Waals surface area contributed by atoms with E-state index in [1.165, 1.54) is 0 Å². The van der Waals surface area contributed by atoms with Crippen LogP contribution in [0.25, 0.3) is 11.3 Å². The van der Waals surface area contributed by atoms with Gasteiger partial charge in [0.1, 0.15) is 0 Å². The Kier molecular flexibility index (Phi) is 2.92. The molecule has 1 aliphatic rings. The molecule has 0 radical (unpaired) electrons. The summed E-state index contributed by atoms with van der Waals surface area (Å²) < 4.78 is 2.18. The van der Waals surface area contributed by atoms with Gasteiger partial charge in [-0.2, -0.15) is 0 Å². The summed E-state index contributed by atoms with van der Waals surface area (Å²) in [5.74, 6) is 0.927. The SMILES string of the molecule is c1ccc(-c2cn3c(n2)NC(c2ccccn2)CC3)cc1. The third-order valence-corrected chi connectivity index (χ3v) is 3.85. The molecular weight excluding hydrogens is 260 g/mol. The predicted octanol–water partition coefficient (Wildman–Crippen LogP) is 3.50. The van der Waals surface area contributed by atoms with E-state index in [0.717, 1.165) is 35.9 Å². The number of aromatic nitrogens is 3. The number of anilines is 1. The van der Waals surface area contributed by atoms with Gasteiger partial charge >= 0.3 is 0 Å². The van der Waals surface area contributed by atoms with Gasteiger partial charge in [0.15, 0.2) is 0 Å². The monoisotopic (exact) mass is 276 g/mol. The fourth-order valence-corrected chi connectivity index (χ4v) is 2.75. The van der Waals surface area contributed by atoms with Crippen molar-refractivity contribution in [1.82, 2.24) is 14.5 Å². The summed E-state index contributed by atoms with van der Waals surface area (Å²) in [5, 5.41) is 3.49. The number of hydrogen-bond donors (Lipinski definition) is 1. The van der Waals surface area contributed by atoms with Crippen molar-refractivity contribution in [2.24, 2.45) is 0 Å². The number of benzene rings is 1. The maximum absolute atomic E-state index is 4.72. The number of nitrogens with one attached hydrogen (secondary N) is 1. The van der Waals surface area contributed by atoms with Crippen molar-refractivity contribution in [1.29, 1.82) is 0 Å². The Labute approximate surface area is 123 Å². The predicted molar refractivity (Wildman–Crippen MR) is 82.9 cm³/mol. The molecule has 3 aromatic rings. The van der Waals surface area contributed by atoms with E-state index in [1.807, 2.05) is 36.5 Å². The maximum Gasteiger partial charge on any atom is 0.203 e. The smallest absolute Gasteiger partial charge is 0.203 e. The van der Waals surface area contributed by atoms with Gasteiger partial charge in [0.25, 0.3) is 0 Å². The van der Waals surface area contributed by atoms with Crippen LogP contribution >= 0.6 is 0 Å². The highest BCUT2D eigenvalue weighted by Crippen LogP contribution is 2.29. The lowest BCUT2D eigenvalue weighted by Crippen LogP contribution is -2.22. The van der Waals surface area contributed by atoms with Crippen LogP contribution in [0.1, 0.15) is 18.2 Å². The van der Waals surface area contributed by atoms with E-state index in [0.29, 0.717) is 0 Å². The zero-order valence-electron chi connectivity index (χ0n) is 11.6. The molecule has 4 rings (SSSR count). The third kappa shape index (κ3) is 2.29. The summed E-state index contributed by atoms with van der Waals surface area (Å²) >= 11 is 0. The summed E-state index contributed by atoms with van der Waals surface area (Å²) in [5.41, 5.74) is 3.24. The Morgan fingerprint density at radius 3 is 2.71 bits per heavy atom. The molecule has 1 N–H and O–H groups in total. The molecule has 21 heavy (non-hydrogen) atoms. The first kappa shape index (κ1) is 12.1. The molecule has 1 atom stereocenters. The van der Waals surface area contributed by atoms with Gasteiger partial charge in [-0.25, -0.2) is 4.98 Å². The third-order valence-electron chi connectivity index (χ3n) is 3.85. The molecular formula is C17H16N4. The molecule has 1 aromatic carbocycles. The van der Waals surface area contributed by atoms with E-state index in [4.69, 9.17) is 4.98 Å². The quantitative estimate of drug-likeness (QED) is 0.779. The molecule has 2 aromatic heterocycles. The first-order chi connectivity index (χ1) is 10.4. The van der Waals surface area contributed by atoms with Crippen LogP contribution in [-0.4, -0.2) is 14.5 Å². The van der Waals surface area contributed by atoms with Crippen molar-refractivity contribution >= 4 is 5.95 Å². The summed E-state index contributed by atoms with van der Waals surface area (Å²) in [4.78, 5) is 9.16. The molecule has 0 saturated carbocycles. The van der Waals surface area contributed by atoms with Crippen LogP contribution in [-0.2, 0) is 6.54 Å². The van der Waals surface area contributed by atoms with E-state index in [1.54, 1.807) is 0 Å². The summed E-state index contributed by atoms with van der Waals surface area (Å²) in [6, 6.07) is 16.6. The minimum Gasteiger partial charge on any atom is -0.347 e. The van der Waals surface area contributed by atoms with Crippen LogP contribution in [0.5, 0.6) is 0 Å². The topological polar surface area (TPSA) is 42.7 Å². The van der Waals surface area contributed by atoms with E-state index >= 15 is 0 Å². The second-order valence-electron chi connectivity index (χ2n) is 5.25. The van der Waals surface area contributed by atoms with Crippen molar-refractivity contribution in [2.75, 3.05) is 5.32 Å². The first-order valence-electron chi connectivity index (χ1n) is 7.20. The van der Waals surface area contributed by atoms with Crippen molar-refractivity contribution < 1.29 is 0 Å². The Balaban J connectivity index is 1.63. The number of aryl methyl sites for hydroxylation is 1. The molecule has 104 valence electrons. The van der Waals surface area contributed by atoms with E-state index in [-0.39, 0.29) is 6.04 Å². The highest BCUT2D eigenvalue weighted by Gasteiger charge is 2.21. The van der Waals surface area contributed by atoms with Crippen molar-refractivity contribution in [3.8, 4) is 11.3 Å². The highest BCUT2D eigenvalue weighted by molar-refractivity contribution is 5.61. The average Bonchev–Trinajstić information content (AvgIpc) is 2.99. The van der Waals surface area contributed by atoms with Crippen molar-refractivity contribution in [3.63, 3.8) is 0 Å². The molecule has 0 bridgehead atoms. The molecule has 0 fully saturated rings. The Morgan fingerprint density at radius 1 is 1.05 bits per heavy atom. The van der Waals surface area contributed by atoms with Gasteiger partial charge in [-0.05, 0) is 18.6 Å². The van der Waals surface area contributed by atoms with E-state index in [2.05, 4.69) is 39.3 Å². The molecule has 3 heterocycles. The highest BCUT2D eigenvalue weighted by atomic mass is 15.2. The van der Waals surface area contributed by atoms with Gasteiger partial charge in [-0.1, -0.05) is 36.4 Å². The van der Waals surface area contributed by atoms with Gasteiger partial charge in [0.2, 0.25) is 5.95 Å². The van der Waals surface area contributed by atoms with E-state index in [9.17, 15) is 0 Å². The lowest BCUT2D eigenvalue weighted by molar-refractivity contribution is 0.534. The standard InChI is InChI=1S/C17H16N4/c1-2-6-13(7-3-1)16-12-21-11-9-15(19-17(21)20-16)14-8-4-5-10-18-14/h1-8,10,12,15H,9,11H2,(H,19,20). The lowest BCUT2D eigenvalue weighted by Gasteiger charge is -2.24. The van der Waals surface area contributed by atoms with Gasteiger partial charge in [-0.3, -0.25) is 4.98 Å². The van der Waals surface area contributed by atoms with Crippen LogP contribution in [0.3, 0.4) is 0 Å². The van der Waals surface area contributed by atoms with Crippen molar-refractivity contribution in [2.45, 2.75) is 19.0 Å². The number of fused-ring (bicyclic) bond motifs is 1. The molecule has 0 amide bonds. The molecule has 4 nitrogen and oxygen atoms in total. The second-order valence-corrected chi connectivity index (χ2v) is 5.25. The Hall–Kier alpha value is -2.62. The van der Waals surface area contributed by atoms with Gasteiger partial charge < -0.3 is 9.88 Å². The Morgan fingerprint density at radius 2 is 1.90 bits per heavy atom. The van der Waals surface area contributed by atoms with Crippen molar-refractivity contribution in [3.05, 3.63) is 66.6 Å². The summed E-state index contributed by atoms with van der Waals surface area (Å²) in [7, 11) is 0. The minimum atomic E-state index is 0.240. The maximum atomic E-state index is 4.72. The number of rotatable bonds is 2. The fourth-order valence-electron chi connectivity index (χ4n) is 2.75. The first-order valence-corrected chi connectivity index (χ1v) is 7.20. The van der Waals surface area contributed by atoms with E-state index < -0.39 is 0 Å².